The third-order valence-electron chi connectivity index (χ3n) is 2.34. The minimum atomic E-state index is -3.08. The first kappa shape index (κ1) is 18.3. The van der Waals surface area contributed by atoms with Gasteiger partial charge in [0.15, 0.2) is 6.68 Å². The van der Waals surface area contributed by atoms with E-state index < -0.39 is 6.68 Å². The van der Waals surface area contributed by atoms with Gasteiger partial charge in [-0.2, -0.15) is 0 Å². The largest absolute Gasteiger partial charge is 2.00 e. The van der Waals surface area contributed by atoms with Gasteiger partial charge in [0.2, 0.25) is 0 Å². The van der Waals surface area contributed by atoms with Crippen LogP contribution in [0.25, 0.3) is 21.8 Å². The Bertz CT molecular complexity index is 604. The summed E-state index contributed by atoms with van der Waals surface area (Å²) in [5, 5.41) is 2.28. The molecule has 20 heavy (non-hydrogen) atoms. The quantitative estimate of drug-likeness (QED) is 0.343. The number of fused-ring (bicyclic) bond motifs is 3. The Labute approximate surface area is 125 Å². The van der Waals surface area contributed by atoms with Gasteiger partial charge in [0, 0.05) is 23.2 Å². The molecule has 0 fully saturated rings. The summed E-state index contributed by atoms with van der Waals surface area (Å²) in [7, 11) is 0. The maximum Gasteiger partial charge on any atom is 2.00 e. The second-order valence-corrected chi connectivity index (χ2v) is 3.43. The molecule has 3 aromatic rings. The molecule has 0 amide bonds. The Balaban J connectivity index is 0.000000542. The average molecular weight is 328 g/mol. The molecule has 0 aliphatic heterocycles. The van der Waals surface area contributed by atoms with Gasteiger partial charge in [-0.05, 0) is 12.1 Å². The molecule has 0 spiro atoms. The molecule has 0 aliphatic carbocycles. The predicted molar refractivity (Wildman–Crippen MR) is 70.0 cm³/mol. The molecule has 6 heteroatoms. The van der Waals surface area contributed by atoms with Gasteiger partial charge < -0.3 is 20.6 Å². The third kappa shape index (κ3) is 4.47. The number of hydrogen-bond donors (Lipinski definition) is 0. The average Bonchev–Trinajstić information content (AvgIpc) is 2.38. The number of benzene rings is 1. The van der Waals surface area contributed by atoms with E-state index in [2.05, 4.69) is 34.2 Å². The van der Waals surface area contributed by atoms with Crippen LogP contribution in [0.4, 0.5) is 13.2 Å². The molecule has 109 valence electrons. The number of aromatic nitrogens is 2. The molecule has 0 atom stereocenters. The molecule has 2 aromatic heterocycles. The molecule has 1 aromatic carbocycles. The maximum absolute atomic E-state index is 9.58. The zero-order valence-corrected chi connectivity index (χ0v) is 11.4. The van der Waals surface area contributed by atoms with E-state index >= 15 is 0 Å². The summed E-state index contributed by atoms with van der Waals surface area (Å²) in [6, 6.07) is 12.1. The van der Waals surface area contributed by atoms with Crippen LogP contribution in [0.2, 0.25) is 0 Å². The van der Waals surface area contributed by atoms with Crippen molar-refractivity contribution >= 4 is 21.8 Å². The van der Waals surface area contributed by atoms with E-state index in [1.165, 1.54) is 0 Å². The van der Waals surface area contributed by atoms with Gasteiger partial charge in [0.25, 0.3) is 0 Å². The van der Waals surface area contributed by atoms with Crippen molar-refractivity contribution in [1.82, 2.24) is 9.97 Å². The summed E-state index contributed by atoms with van der Waals surface area (Å²) in [5.74, 6) is 0. The van der Waals surface area contributed by atoms with Crippen molar-refractivity contribution in [3.63, 3.8) is 0 Å². The van der Waals surface area contributed by atoms with Crippen LogP contribution in [0, 0.1) is 14.1 Å². The van der Waals surface area contributed by atoms with E-state index in [1.807, 2.05) is 12.1 Å². The predicted octanol–water partition coefficient (Wildman–Crippen LogP) is 4.57. The number of nitrogens with zero attached hydrogens (tertiary/aromatic N) is 2. The van der Waals surface area contributed by atoms with Crippen molar-refractivity contribution in [2.24, 2.45) is 0 Å². The molecule has 2 nitrogen and oxygen atoms in total. The van der Waals surface area contributed by atoms with E-state index in [9.17, 15) is 13.2 Å². The minimum Gasteiger partial charge on any atom is -0.385 e. The topological polar surface area (TPSA) is 25.8 Å². The van der Waals surface area contributed by atoms with Crippen molar-refractivity contribution < 1.29 is 30.2 Å². The third-order valence-corrected chi connectivity index (χ3v) is 2.34. The van der Waals surface area contributed by atoms with Gasteiger partial charge in [-0.25, -0.2) is 0 Å². The molecule has 0 N–H and O–H groups in total. The Morgan fingerprint density at radius 3 is 1.45 bits per heavy atom. The first-order valence-electron chi connectivity index (χ1n) is 5.10. The molecule has 1 radical (unpaired) electrons. The Morgan fingerprint density at radius 2 is 1.10 bits per heavy atom. The molecular weight excluding hydrogens is 317 g/mol. The van der Waals surface area contributed by atoms with Crippen LogP contribution in [0.3, 0.4) is 0 Å². The fourth-order valence-corrected chi connectivity index (χ4v) is 1.68. The van der Waals surface area contributed by atoms with Crippen LogP contribution < -0.4 is 0 Å². The molecule has 0 unspecified atom stereocenters. The van der Waals surface area contributed by atoms with E-state index in [0.717, 1.165) is 21.8 Å². The van der Waals surface area contributed by atoms with Crippen LogP contribution in [-0.2, 0) is 17.1 Å². The standard InChI is InChI=1S/C12H8N2.CF3.CH3.Cu/c1-3-9-5-6-10-4-2-8-14-12(10)11(9)13-7-1;2-1(3)4;;/h1-8H;;1H3;/q;2*-1;+2. The monoisotopic (exact) mass is 327 g/mol. The Kier molecular flexibility index (Phi) is 7.80. The SMILES string of the molecule is F[C-](F)F.[CH3-].[Cu+2].c1cnc2c(c1)ccc1cccnc12. The minimum absolute atomic E-state index is 0. The van der Waals surface area contributed by atoms with Crippen LogP contribution in [0.15, 0.2) is 48.8 Å². The Hall–Kier alpha value is -1.65. The molecule has 2 heterocycles. The zero-order chi connectivity index (χ0) is 13.0. The second-order valence-electron chi connectivity index (χ2n) is 3.43. The summed E-state index contributed by atoms with van der Waals surface area (Å²) < 4.78 is 28.8. The summed E-state index contributed by atoms with van der Waals surface area (Å²) in [4.78, 5) is 8.69. The van der Waals surface area contributed by atoms with Gasteiger partial charge in [-0.1, -0.05) is 24.3 Å². The number of rotatable bonds is 0. The van der Waals surface area contributed by atoms with E-state index in [0.29, 0.717) is 0 Å². The van der Waals surface area contributed by atoms with Crippen molar-refractivity contribution in [3.8, 4) is 0 Å². The first-order chi connectivity index (χ1) is 8.68. The van der Waals surface area contributed by atoms with Gasteiger partial charge >= 0.3 is 17.1 Å². The normalized spacial score (nSPS) is 9.40. The summed E-state index contributed by atoms with van der Waals surface area (Å²) in [6.07, 6.45) is 3.60. The van der Waals surface area contributed by atoms with E-state index in [4.69, 9.17) is 0 Å². The number of halogens is 3. The van der Waals surface area contributed by atoms with Crippen molar-refractivity contribution in [3.05, 3.63) is 62.9 Å². The van der Waals surface area contributed by atoms with Crippen LogP contribution >= 0.6 is 0 Å². The fourth-order valence-electron chi connectivity index (χ4n) is 1.68. The summed E-state index contributed by atoms with van der Waals surface area (Å²) >= 11 is 0. The van der Waals surface area contributed by atoms with Crippen molar-refractivity contribution in [2.45, 2.75) is 0 Å². The van der Waals surface area contributed by atoms with Crippen molar-refractivity contribution in [2.75, 3.05) is 0 Å². The molecule has 0 saturated heterocycles. The van der Waals surface area contributed by atoms with E-state index in [1.54, 1.807) is 12.4 Å². The first-order valence-corrected chi connectivity index (χ1v) is 5.10. The van der Waals surface area contributed by atoms with Crippen LogP contribution in [0.1, 0.15) is 0 Å². The molecule has 0 bridgehead atoms. The number of hydrogen-bond acceptors (Lipinski definition) is 2. The zero-order valence-electron chi connectivity index (χ0n) is 10.4. The van der Waals surface area contributed by atoms with Crippen LogP contribution in [0.5, 0.6) is 0 Å². The molecule has 3 rings (SSSR count). The maximum atomic E-state index is 9.58. The summed E-state index contributed by atoms with van der Waals surface area (Å²) in [6.45, 7) is -3.08. The number of pyridine rings is 2. The van der Waals surface area contributed by atoms with Gasteiger partial charge in [-0.15, -0.1) is 0 Å². The summed E-state index contributed by atoms with van der Waals surface area (Å²) in [5.41, 5.74) is 1.95. The molecular formula is C14H11CuF3N2. The van der Waals surface area contributed by atoms with Gasteiger partial charge in [0.05, 0.1) is 11.0 Å². The van der Waals surface area contributed by atoms with Gasteiger partial charge in [-0.3, -0.25) is 9.97 Å². The molecule has 0 aliphatic rings. The van der Waals surface area contributed by atoms with Crippen LogP contribution in [-0.4, -0.2) is 9.97 Å². The molecule has 0 saturated carbocycles. The fraction of sp³-hybridized carbons (Fsp3) is 0. The Morgan fingerprint density at radius 1 is 0.750 bits per heavy atom. The smallest absolute Gasteiger partial charge is 0.385 e. The van der Waals surface area contributed by atoms with Gasteiger partial charge in [0.1, 0.15) is 0 Å². The second kappa shape index (κ2) is 8.51. The van der Waals surface area contributed by atoms with Crippen molar-refractivity contribution in [1.29, 1.82) is 0 Å². The van der Waals surface area contributed by atoms with E-state index in [-0.39, 0.29) is 24.5 Å².